The summed E-state index contributed by atoms with van der Waals surface area (Å²) >= 11 is 12.3. The predicted molar refractivity (Wildman–Crippen MR) is 76.4 cm³/mol. The molecular weight excluding hydrogens is 269 g/mol. The topological polar surface area (TPSA) is 21.1 Å². The number of aromatic nitrogens is 2. The first-order valence-electron chi connectivity index (χ1n) is 6.67. The third-order valence-electron chi connectivity index (χ3n) is 3.82. The van der Waals surface area contributed by atoms with Gasteiger partial charge in [-0.1, -0.05) is 24.9 Å². The number of alkyl halides is 1. The van der Waals surface area contributed by atoms with Gasteiger partial charge in [0, 0.05) is 32.1 Å². The lowest BCUT2D eigenvalue weighted by Gasteiger charge is -2.37. The van der Waals surface area contributed by atoms with Crippen molar-refractivity contribution in [1.29, 1.82) is 0 Å². The Balaban J connectivity index is 2.12. The van der Waals surface area contributed by atoms with Crippen LogP contribution in [0.25, 0.3) is 0 Å². The maximum atomic E-state index is 6.40. The molecule has 0 atom stereocenters. The summed E-state index contributed by atoms with van der Waals surface area (Å²) in [4.78, 5) is 2.44. The lowest BCUT2D eigenvalue weighted by molar-refractivity contribution is 0.124. The molecule has 1 aliphatic rings. The monoisotopic (exact) mass is 289 g/mol. The summed E-state index contributed by atoms with van der Waals surface area (Å²) in [6, 6.07) is 0.680. The van der Waals surface area contributed by atoms with Gasteiger partial charge in [-0.05, 0) is 19.3 Å². The summed E-state index contributed by atoms with van der Waals surface area (Å²) in [5.74, 6) is 0.673. The summed E-state index contributed by atoms with van der Waals surface area (Å²) in [6.45, 7) is 3.87. The van der Waals surface area contributed by atoms with Crippen molar-refractivity contribution in [2.45, 2.75) is 45.2 Å². The highest BCUT2D eigenvalue weighted by molar-refractivity contribution is 6.31. The summed E-state index contributed by atoms with van der Waals surface area (Å²) < 4.78 is 1.92. The van der Waals surface area contributed by atoms with Crippen LogP contribution < -0.4 is 0 Å². The molecule has 0 aliphatic heterocycles. The van der Waals surface area contributed by atoms with Crippen molar-refractivity contribution in [3.63, 3.8) is 0 Å². The fourth-order valence-corrected chi connectivity index (χ4v) is 3.01. The average Bonchev–Trinajstić information content (AvgIpc) is 2.54. The molecule has 1 fully saturated rings. The lowest BCUT2D eigenvalue weighted by Crippen LogP contribution is -2.41. The molecule has 0 saturated heterocycles. The average molecular weight is 290 g/mol. The quantitative estimate of drug-likeness (QED) is 0.750. The Morgan fingerprint density at radius 2 is 2.17 bits per heavy atom. The summed E-state index contributed by atoms with van der Waals surface area (Å²) in [5.41, 5.74) is 2.11. The van der Waals surface area contributed by atoms with Crippen LogP contribution in [0.2, 0.25) is 5.02 Å². The first-order chi connectivity index (χ1) is 8.67. The highest BCUT2D eigenvalue weighted by Gasteiger charge is 2.26. The number of nitrogens with zero attached hydrogens (tertiary/aromatic N) is 3. The van der Waals surface area contributed by atoms with Crippen LogP contribution in [0.4, 0.5) is 0 Å². The Bertz CT molecular complexity index is 399. The number of rotatable bonds is 6. The normalized spacial score (nSPS) is 16.3. The Labute approximate surface area is 119 Å². The number of hydrogen-bond acceptors (Lipinski definition) is 2. The first-order valence-corrected chi connectivity index (χ1v) is 7.58. The van der Waals surface area contributed by atoms with E-state index in [-0.39, 0.29) is 0 Å². The Kier molecular flexibility index (Phi) is 4.93. The van der Waals surface area contributed by atoms with Crippen molar-refractivity contribution in [3.8, 4) is 0 Å². The van der Waals surface area contributed by atoms with Crippen molar-refractivity contribution >= 4 is 23.2 Å². The maximum absolute atomic E-state index is 6.40. The smallest absolute Gasteiger partial charge is 0.0863 e. The van der Waals surface area contributed by atoms with Crippen LogP contribution in [-0.4, -0.2) is 33.1 Å². The molecule has 0 spiro atoms. The van der Waals surface area contributed by atoms with Gasteiger partial charge in [0.25, 0.3) is 0 Å². The standard InChI is InChI=1S/C13H21Cl2N3/c1-3-11-13(15)12(17(2)16-11)9-18(8-7-14)10-5-4-6-10/h10H,3-9H2,1-2H3. The SMILES string of the molecule is CCc1nn(C)c(CN(CCCl)C2CCC2)c1Cl. The molecule has 1 heterocycles. The second-order valence-electron chi connectivity index (χ2n) is 4.93. The van der Waals surface area contributed by atoms with Crippen LogP contribution in [-0.2, 0) is 20.0 Å². The third kappa shape index (κ3) is 2.84. The molecule has 102 valence electrons. The number of aryl methyl sites for hydroxylation is 2. The van der Waals surface area contributed by atoms with E-state index < -0.39 is 0 Å². The van der Waals surface area contributed by atoms with Gasteiger partial charge in [-0.2, -0.15) is 5.10 Å². The molecule has 1 aromatic heterocycles. The molecule has 1 saturated carbocycles. The van der Waals surface area contributed by atoms with Crippen LogP contribution >= 0.6 is 23.2 Å². The minimum absolute atomic E-state index is 0.673. The molecule has 0 aromatic carbocycles. The molecule has 0 radical (unpaired) electrons. The number of halogens is 2. The first kappa shape index (κ1) is 14.2. The van der Waals surface area contributed by atoms with Crippen LogP contribution in [0.1, 0.15) is 37.6 Å². The molecule has 3 nitrogen and oxygen atoms in total. The second kappa shape index (κ2) is 6.27. The summed E-state index contributed by atoms with van der Waals surface area (Å²) in [5, 5.41) is 5.30. The van der Waals surface area contributed by atoms with Crippen molar-refractivity contribution in [2.24, 2.45) is 7.05 Å². The predicted octanol–water partition coefficient (Wildman–Crippen LogP) is 3.23. The number of hydrogen-bond donors (Lipinski definition) is 0. The van der Waals surface area contributed by atoms with Gasteiger partial charge in [0.2, 0.25) is 0 Å². The van der Waals surface area contributed by atoms with E-state index in [4.69, 9.17) is 23.2 Å². The fourth-order valence-electron chi connectivity index (χ4n) is 2.44. The zero-order valence-electron chi connectivity index (χ0n) is 11.1. The van der Waals surface area contributed by atoms with E-state index in [2.05, 4.69) is 16.9 Å². The van der Waals surface area contributed by atoms with E-state index in [0.717, 1.165) is 35.9 Å². The van der Waals surface area contributed by atoms with Gasteiger partial charge in [0.1, 0.15) is 0 Å². The van der Waals surface area contributed by atoms with E-state index in [1.54, 1.807) is 0 Å². The fraction of sp³-hybridized carbons (Fsp3) is 0.769. The van der Waals surface area contributed by atoms with Crippen LogP contribution in [0.3, 0.4) is 0 Å². The van der Waals surface area contributed by atoms with Gasteiger partial charge < -0.3 is 0 Å². The van der Waals surface area contributed by atoms with Crippen molar-refractivity contribution < 1.29 is 0 Å². The highest BCUT2D eigenvalue weighted by Crippen LogP contribution is 2.28. The van der Waals surface area contributed by atoms with E-state index in [0.29, 0.717) is 11.9 Å². The van der Waals surface area contributed by atoms with E-state index in [9.17, 15) is 0 Å². The minimum atomic E-state index is 0.673. The Hall–Kier alpha value is -0.250. The van der Waals surface area contributed by atoms with Crippen LogP contribution in [0, 0.1) is 0 Å². The van der Waals surface area contributed by atoms with E-state index in [1.807, 2.05) is 11.7 Å². The van der Waals surface area contributed by atoms with E-state index >= 15 is 0 Å². The molecule has 0 N–H and O–H groups in total. The molecule has 2 rings (SSSR count). The molecule has 0 bridgehead atoms. The largest absolute Gasteiger partial charge is 0.293 e. The van der Waals surface area contributed by atoms with Gasteiger partial charge in [0.15, 0.2) is 0 Å². The zero-order chi connectivity index (χ0) is 13.1. The zero-order valence-corrected chi connectivity index (χ0v) is 12.6. The minimum Gasteiger partial charge on any atom is -0.293 e. The van der Waals surface area contributed by atoms with Crippen LogP contribution in [0.15, 0.2) is 0 Å². The van der Waals surface area contributed by atoms with Gasteiger partial charge >= 0.3 is 0 Å². The molecule has 1 aliphatic carbocycles. The highest BCUT2D eigenvalue weighted by atomic mass is 35.5. The maximum Gasteiger partial charge on any atom is 0.0863 e. The summed E-state index contributed by atoms with van der Waals surface area (Å²) in [7, 11) is 1.97. The third-order valence-corrected chi connectivity index (χ3v) is 4.42. The molecule has 1 aromatic rings. The lowest BCUT2D eigenvalue weighted by atomic mass is 9.91. The molecule has 5 heteroatoms. The van der Waals surface area contributed by atoms with Crippen molar-refractivity contribution in [1.82, 2.24) is 14.7 Å². The van der Waals surface area contributed by atoms with E-state index in [1.165, 1.54) is 19.3 Å². The Morgan fingerprint density at radius 3 is 2.61 bits per heavy atom. The van der Waals surface area contributed by atoms with Gasteiger partial charge in [0.05, 0.1) is 16.4 Å². The Morgan fingerprint density at radius 1 is 1.44 bits per heavy atom. The molecular formula is C13H21Cl2N3. The van der Waals surface area contributed by atoms with Gasteiger partial charge in [-0.25, -0.2) is 0 Å². The van der Waals surface area contributed by atoms with Gasteiger partial charge in [-0.3, -0.25) is 9.58 Å². The molecule has 0 unspecified atom stereocenters. The van der Waals surface area contributed by atoms with Crippen molar-refractivity contribution in [3.05, 3.63) is 16.4 Å². The van der Waals surface area contributed by atoms with Gasteiger partial charge in [-0.15, -0.1) is 11.6 Å². The summed E-state index contributed by atoms with van der Waals surface area (Å²) in [6.07, 6.45) is 4.79. The second-order valence-corrected chi connectivity index (χ2v) is 5.68. The van der Waals surface area contributed by atoms with Crippen LogP contribution in [0.5, 0.6) is 0 Å². The van der Waals surface area contributed by atoms with Crippen molar-refractivity contribution in [2.75, 3.05) is 12.4 Å². The molecule has 18 heavy (non-hydrogen) atoms. The molecule has 0 amide bonds.